The van der Waals surface area contributed by atoms with Crippen molar-refractivity contribution in [2.45, 2.75) is 20.8 Å². The van der Waals surface area contributed by atoms with E-state index in [0.717, 1.165) is 0 Å². The summed E-state index contributed by atoms with van der Waals surface area (Å²) < 4.78 is 0. The van der Waals surface area contributed by atoms with Crippen LogP contribution in [0.3, 0.4) is 0 Å². The summed E-state index contributed by atoms with van der Waals surface area (Å²) in [6.07, 6.45) is 0. The molecule has 0 aliphatic rings. The largest absolute Gasteiger partial charge is 0.399 e. The Morgan fingerprint density at radius 1 is 1.40 bits per heavy atom. The quantitative estimate of drug-likeness (QED) is 0.724. The van der Waals surface area contributed by atoms with Gasteiger partial charge in [-0.25, -0.2) is 0 Å². The monoisotopic (exact) mass is 226 g/mol. The van der Waals surface area contributed by atoms with Crippen molar-refractivity contribution in [2.75, 3.05) is 11.1 Å². The molecule has 0 saturated carbocycles. The average Bonchev–Trinajstić information content (AvgIpc) is 2.09. The van der Waals surface area contributed by atoms with Gasteiger partial charge in [-0.3, -0.25) is 4.79 Å². The van der Waals surface area contributed by atoms with Gasteiger partial charge in [-0.1, -0.05) is 32.4 Å². The molecule has 0 bridgehead atoms. The zero-order valence-electron chi connectivity index (χ0n) is 9.10. The van der Waals surface area contributed by atoms with Crippen LogP contribution < -0.4 is 11.1 Å². The molecule has 0 saturated heterocycles. The van der Waals surface area contributed by atoms with E-state index in [4.69, 9.17) is 17.3 Å². The molecule has 3 N–H and O–H groups in total. The fourth-order valence-electron chi connectivity index (χ4n) is 0.948. The van der Waals surface area contributed by atoms with Crippen LogP contribution in [0, 0.1) is 5.41 Å². The number of hydrogen-bond donors (Lipinski definition) is 2. The third kappa shape index (κ3) is 3.13. The second kappa shape index (κ2) is 4.11. The second-order valence-electron chi connectivity index (χ2n) is 4.44. The Balaban J connectivity index is 2.90. The summed E-state index contributed by atoms with van der Waals surface area (Å²) in [6, 6.07) is 5.00. The van der Waals surface area contributed by atoms with Crippen molar-refractivity contribution in [3.05, 3.63) is 23.2 Å². The van der Waals surface area contributed by atoms with E-state index in [2.05, 4.69) is 5.32 Å². The number of hydrogen-bond acceptors (Lipinski definition) is 2. The lowest BCUT2D eigenvalue weighted by molar-refractivity contribution is -0.123. The molecule has 0 fully saturated rings. The Morgan fingerprint density at radius 2 is 2.00 bits per heavy atom. The predicted molar refractivity (Wildman–Crippen MR) is 63.9 cm³/mol. The second-order valence-corrected chi connectivity index (χ2v) is 4.85. The number of anilines is 2. The molecule has 15 heavy (non-hydrogen) atoms. The maximum atomic E-state index is 11.7. The van der Waals surface area contributed by atoms with Crippen molar-refractivity contribution in [2.24, 2.45) is 5.41 Å². The summed E-state index contributed by atoms with van der Waals surface area (Å²) in [5.41, 5.74) is 6.28. The average molecular weight is 227 g/mol. The van der Waals surface area contributed by atoms with Gasteiger partial charge in [0.15, 0.2) is 0 Å². The number of carbonyl (C=O) groups excluding carboxylic acids is 1. The highest BCUT2D eigenvalue weighted by Gasteiger charge is 2.21. The highest BCUT2D eigenvalue weighted by atomic mass is 35.5. The number of amides is 1. The van der Waals surface area contributed by atoms with Crippen LogP contribution in [-0.2, 0) is 4.79 Å². The SMILES string of the molecule is CC(C)(C)C(=O)Nc1cc(N)ccc1Cl. The number of benzene rings is 1. The normalized spacial score (nSPS) is 11.2. The minimum absolute atomic E-state index is 0.0880. The maximum absolute atomic E-state index is 11.7. The Morgan fingerprint density at radius 3 is 2.53 bits per heavy atom. The van der Waals surface area contributed by atoms with Gasteiger partial charge < -0.3 is 11.1 Å². The number of rotatable bonds is 1. The lowest BCUT2D eigenvalue weighted by Gasteiger charge is -2.18. The molecule has 1 aromatic carbocycles. The van der Waals surface area contributed by atoms with Gasteiger partial charge in [0, 0.05) is 11.1 Å². The van der Waals surface area contributed by atoms with Gasteiger partial charge >= 0.3 is 0 Å². The van der Waals surface area contributed by atoms with Gasteiger partial charge in [0.2, 0.25) is 5.91 Å². The first-order valence-corrected chi connectivity index (χ1v) is 5.05. The van der Waals surface area contributed by atoms with Crippen molar-refractivity contribution in [1.82, 2.24) is 0 Å². The highest BCUT2D eigenvalue weighted by Crippen LogP contribution is 2.26. The van der Waals surface area contributed by atoms with E-state index in [1.165, 1.54) is 0 Å². The third-order valence-corrected chi connectivity index (χ3v) is 2.25. The summed E-state index contributed by atoms with van der Waals surface area (Å²) in [7, 11) is 0. The van der Waals surface area contributed by atoms with Crippen molar-refractivity contribution in [3.63, 3.8) is 0 Å². The summed E-state index contributed by atoms with van der Waals surface area (Å²) in [5.74, 6) is -0.0880. The third-order valence-electron chi connectivity index (χ3n) is 1.92. The summed E-state index contributed by atoms with van der Waals surface area (Å²) in [6.45, 7) is 5.51. The van der Waals surface area contributed by atoms with Gasteiger partial charge in [0.05, 0.1) is 10.7 Å². The molecule has 0 heterocycles. The van der Waals surface area contributed by atoms with Gasteiger partial charge in [0.25, 0.3) is 0 Å². The molecule has 0 aliphatic heterocycles. The van der Waals surface area contributed by atoms with E-state index in [1.54, 1.807) is 18.2 Å². The number of carbonyl (C=O) groups is 1. The molecule has 0 aliphatic carbocycles. The summed E-state index contributed by atoms with van der Waals surface area (Å²) >= 11 is 5.92. The Labute approximate surface area is 94.6 Å². The highest BCUT2D eigenvalue weighted by molar-refractivity contribution is 6.33. The van der Waals surface area contributed by atoms with Gasteiger partial charge in [-0.2, -0.15) is 0 Å². The first-order valence-electron chi connectivity index (χ1n) is 4.67. The van der Waals surface area contributed by atoms with Crippen LogP contribution in [0.4, 0.5) is 11.4 Å². The first kappa shape index (κ1) is 11.9. The van der Waals surface area contributed by atoms with Crippen LogP contribution in [0.15, 0.2) is 18.2 Å². The van der Waals surface area contributed by atoms with Crippen molar-refractivity contribution in [3.8, 4) is 0 Å². The summed E-state index contributed by atoms with van der Waals surface area (Å²) in [5, 5.41) is 3.23. The molecule has 0 unspecified atom stereocenters. The van der Waals surface area contributed by atoms with Gasteiger partial charge in [0.1, 0.15) is 0 Å². The molecular formula is C11H15ClN2O. The van der Waals surface area contributed by atoms with E-state index < -0.39 is 5.41 Å². The Hall–Kier alpha value is -1.22. The number of nitrogens with two attached hydrogens (primary N) is 1. The molecule has 1 rings (SSSR count). The van der Waals surface area contributed by atoms with Gasteiger partial charge in [-0.05, 0) is 18.2 Å². The molecule has 0 spiro atoms. The molecule has 4 heteroatoms. The lowest BCUT2D eigenvalue weighted by atomic mass is 9.95. The first-order chi connectivity index (χ1) is 6.80. The summed E-state index contributed by atoms with van der Waals surface area (Å²) in [4.78, 5) is 11.7. The molecule has 1 aromatic rings. The van der Waals surface area contributed by atoms with Crippen molar-refractivity contribution >= 4 is 28.9 Å². The number of halogens is 1. The molecule has 82 valence electrons. The smallest absolute Gasteiger partial charge is 0.229 e. The van der Waals surface area contributed by atoms with Crippen LogP contribution in [-0.4, -0.2) is 5.91 Å². The van der Waals surface area contributed by atoms with Gasteiger partial charge in [-0.15, -0.1) is 0 Å². The van der Waals surface area contributed by atoms with E-state index >= 15 is 0 Å². The van der Waals surface area contributed by atoms with Crippen LogP contribution in [0.25, 0.3) is 0 Å². The van der Waals surface area contributed by atoms with Crippen LogP contribution in [0.2, 0.25) is 5.02 Å². The molecule has 0 atom stereocenters. The van der Waals surface area contributed by atoms with E-state index in [1.807, 2.05) is 20.8 Å². The molecule has 0 aromatic heterocycles. The number of nitrogen functional groups attached to an aromatic ring is 1. The molecule has 3 nitrogen and oxygen atoms in total. The van der Waals surface area contributed by atoms with E-state index in [9.17, 15) is 4.79 Å². The zero-order valence-corrected chi connectivity index (χ0v) is 9.85. The predicted octanol–water partition coefficient (Wildman–Crippen LogP) is 2.91. The number of nitrogens with one attached hydrogen (secondary N) is 1. The fourth-order valence-corrected chi connectivity index (χ4v) is 1.11. The topological polar surface area (TPSA) is 55.1 Å². The fraction of sp³-hybridized carbons (Fsp3) is 0.364. The lowest BCUT2D eigenvalue weighted by Crippen LogP contribution is -2.27. The van der Waals surface area contributed by atoms with E-state index in [-0.39, 0.29) is 5.91 Å². The van der Waals surface area contributed by atoms with Crippen LogP contribution >= 0.6 is 11.6 Å². The Kier molecular flexibility index (Phi) is 3.25. The van der Waals surface area contributed by atoms with E-state index in [0.29, 0.717) is 16.4 Å². The van der Waals surface area contributed by atoms with Crippen LogP contribution in [0.5, 0.6) is 0 Å². The Bertz CT molecular complexity index is 383. The molecular weight excluding hydrogens is 212 g/mol. The van der Waals surface area contributed by atoms with Crippen molar-refractivity contribution < 1.29 is 4.79 Å². The standard InChI is InChI=1S/C11H15ClN2O/c1-11(2,3)10(15)14-9-6-7(13)4-5-8(9)12/h4-6H,13H2,1-3H3,(H,14,15). The zero-order chi connectivity index (χ0) is 11.6. The minimum Gasteiger partial charge on any atom is -0.399 e. The van der Waals surface area contributed by atoms with Crippen molar-refractivity contribution in [1.29, 1.82) is 0 Å². The molecule has 0 radical (unpaired) electrons. The maximum Gasteiger partial charge on any atom is 0.229 e. The minimum atomic E-state index is -0.450. The van der Waals surface area contributed by atoms with Crippen LogP contribution in [0.1, 0.15) is 20.8 Å². The molecule has 1 amide bonds.